The van der Waals surface area contributed by atoms with E-state index in [1.54, 1.807) is 13.8 Å². The lowest BCUT2D eigenvalue weighted by atomic mass is 10.0. The molecule has 0 amide bonds. The van der Waals surface area contributed by atoms with Gasteiger partial charge in [-0.05, 0) is 52.7 Å². The predicted octanol–water partition coefficient (Wildman–Crippen LogP) is 5.08. The largest absolute Gasteiger partial charge is 0.508 e. The molecule has 0 unspecified atom stereocenters. The van der Waals surface area contributed by atoms with Crippen LogP contribution >= 0.6 is 0 Å². The molecule has 6 heteroatoms. The molecule has 0 aliphatic carbocycles. The highest BCUT2D eigenvalue weighted by molar-refractivity contribution is 5.98. The summed E-state index contributed by atoms with van der Waals surface area (Å²) in [6, 6.07) is 2.95. The maximum Gasteiger partial charge on any atom is 0.347 e. The van der Waals surface area contributed by atoms with Crippen molar-refractivity contribution in [3.63, 3.8) is 0 Å². The number of phenolic OH excluding ortho intramolecular Hbond substituents is 2. The fourth-order valence-electron chi connectivity index (χ4n) is 3.33. The Morgan fingerprint density at radius 1 is 1.07 bits per heavy atom. The summed E-state index contributed by atoms with van der Waals surface area (Å²) in [6.45, 7) is 9.80. The number of esters is 1. The Morgan fingerprint density at radius 2 is 1.76 bits per heavy atom. The number of carbonyl (C=O) groups excluding carboxylic acids is 1. The normalized spacial score (nSPS) is 12.4. The first kappa shape index (κ1) is 20.7. The van der Waals surface area contributed by atoms with E-state index in [1.807, 2.05) is 26.8 Å². The summed E-state index contributed by atoms with van der Waals surface area (Å²) < 4.78 is 17.2. The minimum Gasteiger partial charge on any atom is -0.508 e. The van der Waals surface area contributed by atoms with Gasteiger partial charge in [-0.15, -0.1) is 0 Å². The molecule has 29 heavy (non-hydrogen) atoms. The van der Waals surface area contributed by atoms with Crippen LogP contribution in [0.1, 0.15) is 53.4 Å². The summed E-state index contributed by atoms with van der Waals surface area (Å²) in [4.78, 5) is 12.9. The summed E-state index contributed by atoms with van der Waals surface area (Å²) in [5, 5.41) is 21.0. The first-order chi connectivity index (χ1) is 13.7. The number of carbonyl (C=O) groups is 1. The summed E-state index contributed by atoms with van der Waals surface area (Å²) in [7, 11) is 0. The number of allylic oxidation sites excluding steroid dienone is 2. The Morgan fingerprint density at radius 3 is 2.41 bits per heavy atom. The fraction of sp³-hybridized carbons (Fsp3) is 0.348. The molecule has 1 heterocycles. The molecule has 0 spiro atoms. The molecule has 2 N–H and O–H groups in total. The van der Waals surface area contributed by atoms with Gasteiger partial charge in [-0.25, -0.2) is 4.79 Å². The highest BCUT2D eigenvalue weighted by Crippen LogP contribution is 2.47. The van der Waals surface area contributed by atoms with Crippen LogP contribution in [0, 0.1) is 13.8 Å². The average Bonchev–Trinajstić information content (AvgIpc) is 2.77. The fourth-order valence-corrected chi connectivity index (χ4v) is 3.33. The Balaban J connectivity index is 2.18. The lowest BCUT2D eigenvalue weighted by Gasteiger charge is -2.16. The quantitative estimate of drug-likeness (QED) is 0.415. The van der Waals surface area contributed by atoms with Crippen LogP contribution in [-0.2, 0) is 17.8 Å². The summed E-state index contributed by atoms with van der Waals surface area (Å²) in [5.41, 5.74) is 3.54. The number of phenols is 2. The van der Waals surface area contributed by atoms with E-state index in [0.29, 0.717) is 35.3 Å². The van der Waals surface area contributed by atoms with Crippen molar-refractivity contribution in [1.82, 2.24) is 0 Å². The topological polar surface area (TPSA) is 85.2 Å². The molecule has 0 saturated heterocycles. The number of benzene rings is 2. The number of aromatic hydroxyl groups is 2. The summed E-state index contributed by atoms with van der Waals surface area (Å²) >= 11 is 0. The zero-order valence-electron chi connectivity index (χ0n) is 17.4. The van der Waals surface area contributed by atoms with Gasteiger partial charge in [0.2, 0.25) is 0 Å². The molecule has 154 valence electrons. The van der Waals surface area contributed by atoms with Crippen molar-refractivity contribution in [2.75, 3.05) is 6.61 Å². The van der Waals surface area contributed by atoms with Crippen molar-refractivity contribution in [3.8, 4) is 28.7 Å². The molecular weight excluding hydrogens is 372 g/mol. The second-order valence-corrected chi connectivity index (χ2v) is 7.34. The van der Waals surface area contributed by atoms with E-state index in [2.05, 4.69) is 0 Å². The molecule has 0 fully saturated rings. The van der Waals surface area contributed by atoms with Crippen LogP contribution in [-0.4, -0.2) is 22.8 Å². The molecule has 2 aromatic rings. The number of ether oxygens (including phenoxy) is 3. The zero-order chi connectivity index (χ0) is 21.3. The highest BCUT2D eigenvalue weighted by atomic mass is 16.6. The van der Waals surface area contributed by atoms with Gasteiger partial charge in [0.1, 0.15) is 17.1 Å². The molecule has 1 aliphatic rings. The molecule has 0 bridgehead atoms. The van der Waals surface area contributed by atoms with E-state index in [-0.39, 0.29) is 40.9 Å². The van der Waals surface area contributed by atoms with Crippen LogP contribution in [0.2, 0.25) is 0 Å². The second-order valence-electron chi connectivity index (χ2n) is 7.34. The number of hydrogen-bond donors (Lipinski definition) is 2. The molecule has 6 nitrogen and oxygen atoms in total. The Kier molecular flexibility index (Phi) is 5.84. The smallest absolute Gasteiger partial charge is 0.347 e. The van der Waals surface area contributed by atoms with Crippen LogP contribution in [0.4, 0.5) is 0 Å². The van der Waals surface area contributed by atoms with E-state index < -0.39 is 5.97 Å². The molecule has 0 radical (unpaired) electrons. The van der Waals surface area contributed by atoms with Crippen molar-refractivity contribution in [2.24, 2.45) is 0 Å². The van der Waals surface area contributed by atoms with Gasteiger partial charge in [-0.2, -0.15) is 0 Å². The molecule has 0 saturated carbocycles. The van der Waals surface area contributed by atoms with E-state index in [4.69, 9.17) is 14.2 Å². The monoisotopic (exact) mass is 398 g/mol. The van der Waals surface area contributed by atoms with Crippen molar-refractivity contribution >= 4 is 5.97 Å². The maximum absolute atomic E-state index is 12.9. The van der Waals surface area contributed by atoms with Crippen LogP contribution in [0.15, 0.2) is 23.8 Å². The van der Waals surface area contributed by atoms with Crippen LogP contribution < -0.4 is 9.47 Å². The van der Waals surface area contributed by atoms with Gasteiger partial charge in [0.15, 0.2) is 17.2 Å². The minimum atomic E-state index is -0.573. The van der Waals surface area contributed by atoms with Crippen LogP contribution in [0.5, 0.6) is 28.7 Å². The first-order valence-electron chi connectivity index (χ1n) is 9.56. The standard InChI is InChI=1S/C23H26O6/c1-6-27-11-16-17(24)9-13(4)20-22(16)28-19-10-18(25)15(8-7-12(2)3)14(5)21(19)29-23(20)26/h7,9-10,24-25H,6,8,11H2,1-5H3. The first-order valence-corrected chi connectivity index (χ1v) is 9.56. The average molecular weight is 398 g/mol. The SMILES string of the molecule is CCOCc1c(O)cc(C)c2c1Oc1cc(O)c(CC=C(C)C)c(C)c1OC2=O. The lowest BCUT2D eigenvalue weighted by Crippen LogP contribution is -2.11. The Bertz CT molecular complexity index is 999. The number of aryl methyl sites for hydroxylation is 1. The Hall–Kier alpha value is -2.99. The molecule has 0 atom stereocenters. The van der Waals surface area contributed by atoms with Gasteiger partial charge in [0.05, 0.1) is 12.2 Å². The molecule has 2 aromatic carbocycles. The molecule has 1 aliphatic heterocycles. The third kappa shape index (κ3) is 3.93. The van der Waals surface area contributed by atoms with Crippen molar-refractivity contribution < 1.29 is 29.2 Å². The van der Waals surface area contributed by atoms with E-state index in [9.17, 15) is 15.0 Å². The van der Waals surface area contributed by atoms with Crippen molar-refractivity contribution in [2.45, 2.75) is 47.6 Å². The van der Waals surface area contributed by atoms with Gasteiger partial charge < -0.3 is 24.4 Å². The molecular formula is C23H26O6. The van der Waals surface area contributed by atoms with Crippen LogP contribution in [0.3, 0.4) is 0 Å². The zero-order valence-corrected chi connectivity index (χ0v) is 17.4. The van der Waals surface area contributed by atoms with Gasteiger partial charge in [-0.3, -0.25) is 0 Å². The number of fused-ring (bicyclic) bond motifs is 2. The van der Waals surface area contributed by atoms with Gasteiger partial charge in [0.25, 0.3) is 0 Å². The third-order valence-corrected chi connectivity index (χ3v) is 4.93. The second kappa shape index (κ2) is 8.17. The highest BCUT2D eigenvalue weighted by Gasteiger charge is 2.31. The van der Waals surface area contributed by atoms with E-state index in [0.717, 1.165) is 5.57 Å². The predicted molar refractivity (Wildman–Crippen MR) is 109 cm³/mol. The van der Waals surface area contributed by atoms with Crippen LogP contribution in [0.25, 0.3) is 0 Å². The molecule has 0 aromatic heterocycles. The minimum absolute atomic E-state index is 0.0212. The number of hydrogen-bond acceptors (Lipinski definition) is 6. The van der Waals surface area contributed by atoms with E-state index in [1.165, 1.54) is 12.1 Å². The summed E-state index contributed by atoms with van der Waals surface area (Å²) in [5.74, 6) is 0.137. The van der Waals surface area contributed by atoms with E-state index >= 15 is 0 Å². The Labute approximate surface area is 170 Å². The van der Waals surface area contributed by atoms with Crippen molar-refractivity contribution in [3.05, 3.63) is 51.6 Å². The molecule has 3 rings (SSSR count). The van der Waals surface area contributed by atoms with Crippen molar-refractivity contribution in [1.29, 1.82) is 0 Å². The van der Waals surface area contributed by atoms with Gasteiger partial charge >= 0.3 is 5.97 Å². The summed E-state index contributed by atoms with van der Waals surface area (Å²) in [6.07, 6.45) is 2.50. The number of rotatable bonds is 5. The lowest BCUT2D eigenvalue weighted by molar-refractivity contribution is 0.0735. The van der Waals surface area contributed by atoms with Gasteiger partial charge in [-0.1, -0.05) is 11.6 Å². The maximum atomic E-state index is 12.9. The third-order valence-electron chi connectivity index (χ3n) is 4.93. The van der Waals surface area contributed by atoms with Gasteiger partial charge in [0, 0.05) is 23.8 Å².